The molecule has 0 saturated carbocycles. The molecule has 8 rings (SSSR count). The predicted molar refractivity (Wildman–Crippen MR) is 289 cm³/mol. The van der Waals surface area contributed by atoms with Gasteiger partial charge in [0.2, 0.25) is 0 Å². The maximum absolute atomic E-state index is 2.12. The second kappa shape index (κ2) is 51.2. The maximum atomic E-state index is 2.12. The fourth-order valence-electron chi connectivity index (χ4n) is 4.72. The topological polar surface area (TPSA) is 0 Å². The average molecular weight is 831 g/mol. The molecule has 0 spiro atoms. The summed E-state index contributed by atoms with van der Waals surface area (Å²) in [7, 11) is 0. The molecule has 0 heteroatoms. The van der Waals surface area contributed by atoms with E-state index in [9.17, 15) is 0 Å². The van der Waals surface area contributed by atoms with Crippen LogP contribution in [0.25, 0.3) is 33.0 Å². The number of hydrogen-bond donors (Lipinski definition) is 0. The standard InChI is InChI=1S/2C12H10.C10H8.2C7H8.7C2H6/c2*1-3-7-11(8-4-1)12-9-5-2-6-10-12;1-2-6-10-8-4-3-7-9(10)5-1;2*1-7-5-3-2-4-6-7;7*1-2/h2*1-10H;1-8H;2*2-6H,1H3;7*1-2H3. The van der Waals surface area contributed by atoms with Crippen molar-refractivity contribution in [1.29, 1.82) is 0 Å². The van der Waals surface area contributed by atoms with E-state index in [-0.39, 0.29) is 0 Å². The Balaban J connectivity index is -0.000000320. The molecule has 0 aliphatic carbocycles. The van der Waals surface area contributed by atoms with Crippen LogP contribution in [0.4, 0.5) is 0 Å². The second-order valence-corrected chi connectivity index (χ2v) is 11.1. The summed E-state index contributed by atoms with van der Waals surface area (Å²) in [4.78, 5) is 0. The number of fused-ring (bicyclic) bond motifs is 1. The van der Waals surface area contributed by atoms with Crippen molar-refractivity contribution in [1.82, 2.24) is 0 Å². The van der Waals surface area contributed by atoms with Crippen molar-refractivity contribution < 1.29 is 0 Å². The summed E-state index contributed by atoms with van der Waals surface area (Å²) in [6, 6.07) is 78.8. The molecule has 0 nitrogen and oxygen atoms in total. The van der Waals surface area contributed by atoms with Gasteiger partial charge in [0.15, 0.2) is 0 Å². The molecule has 0 aliphatic rings. The van der Waals surface area contributed by atoms with Gasteiger partial charge in [-0.15, -0.1) is 0 Å². The fourth-order valence-corrected chi connectivity index (χ4v) is 4.72. The predicted octanol–water partition coefficient (Wildman–Crippen LogP) is 20.7. The van der Waals surface area contributed by atoms with Crippen LogP contribution < -0.4 is 0 Å². The molecule has 8 aromatic carbocycles. The van der Waals surface area contributed by atoms with Gasteiger partial charge in [-0.3, -0.25) is 0 Å². The fraction of sp³-hybridized carbons (Fsp3) is 0.258. The Bertz CT molecular complexity index is 1680. The highest BCUT2D eigenvalue weighted by molar-refractivity contribution is 5.82. The summed E-state index contributed by atoms with van der Waals surface area (Å²) < 4.78 is 0. The number of benzene rings is 8. The molecular formula is C62H86. The minimum Gasteiger partial charge on any atom is -0.0683 e. The third kappa shape index (κ3) is 32.8. The van der Waals surface area contributed by atoms with Crippen LogP contribution in [0, 0.1) is 13.8 Å². The van der Waals surface area contributed by atoms with Crippen LogP contribution in [-0.2, 0) is 0 Å². The van der Waals surface area contributed by atoms with Crippen LogP contribution in [0.5, 0.6) is 0 Å². The summed E-state index contributed by atoms with van der Waals surface area (Å²) in [5.74, 6) is 0. The molecule has 0 aliphatic heterocycles. The number of aryl methyl sites for hydroxylation is 2. The molecule has 0 heterocycles. The zero-order valence-corrected chi connectivity index (χ0v) is 41.9. The summed E-state index contributed by atoms with van der Waals surface area (Å²) in [6.07, 6.45) is 0. The lowest BCUT2D eigenvalue weighted by atomic mass is 10.1. The van der Waals surface area contributed by atoms with Crippen molar-refractivity contribution in [2.45, 2.75) is 111 Å². The molecule has 0 fully saturated rings. The van der Waals surface area contributed by atoms with E-state index in [0.29, 0.717) is 0 Å². The van der Waals surface area contributed by atoms with Crippen molar-refractivity contribution in [3.63, 3.8) is 0 Å². The van der Waals surface area contributed by atoms with Crippen LogP contribution in [0.1, 0.15) is 108 Å². The van der Waals surface area contributed by atoms with Crippen molar-refractivity contribution in [3.05, 3.63) is 242 Å². The lowest BCUT2D eigenvalue weighted by Crippen LogP contribution is -1.73. The van der Waals surface area contributed by atoms with E-state index in [0.717, 1.165) is 0 Å². The highest BCUT2D eigenvalue weighted by Gasteiger charge is 1.93. The largest absolute Gasteiger partial charge is 0.0683 e. The van der Waals surface area contributed by atoms with Crippen molar-refractivity contribution in [3.8, 4) is 22.3 Å². The van der Waals surface area contributed by atoms with E-state index in [1.54, 1.807) is 0 Å². The molecule has 0 amide bonds. The third-order valence-corrected chi connectivity index (χ3v) is 7.30. The first-order chi connectivity index (χ1) is 30.7. The zero-order chi connectivity index (χ0) is 47.5. The van der Waals surface area contributed by atoms with Crippen LogP contribution in [0.2, 0.25) is 0 Å². The number of hydrogen-bond acceptors (Lipinski definition) is 0. The Morgan fingerprint density at radius 1 is 0.161 bits per heavy atom. The lowest BCUT2D eigenvalue weighted by molar-refractivity contribution is 1.48. The molecule has 0 aromatic heterocycles. The van der Waals surface area contributed by atoms with Gasteiger partial charge in [0.05, 0.1) is 0 Å². The van der Waals surface area contributed by atoms with Crippen LogP contribution in [0.15, 0.2) is 231 Å². The molecule has 334 valence electrons. The lowest BCUT2D eigenvalue weighted by Gasteiger charge is -1.98. The Kier molecular flexibility index (Phi) is 51.7. The molecule has 0 atom stereocenters. The Labute approximate surface area is 383 Å². The summed E-state index contributed by atoms with van der Waals surface area (Å²) >= 11 is 0. The van der Waals surface area contributed by atoms with E-state index < -0.39 is 0 Å². The van der Waals surface area contributed by atoms with E-state index in [1.807, 2.05) is 158 Å². The van der Waals surface area contributed by atoms with E-state index in [4.69, 9.17) is 0 Å². The second-order valence-electron chi connectivity index (χ2n) is 11.1. The normalized spacial score (nSPS) is 8.00. The van der Waals surface area contributed by atoms with Gasteiger partial charge in [0.25, 0.3) is 0 Å². The minimum atomic E-state index is 1.28. The van der Waals surface area contributed by atoms with Gasteiger partial charge in [-0.05, 0) is 46.9 Å². The van der Waals surface area contributed by atoms with Gasteiger partial charge in [-0.2, -0.15) is 0 Å². The highest BCUT2D eigenvalue weighted by atomic mass is 14.0. The van der Waals surface area contributed by atoms with E-state index >= 15 is 0 Å². The smallest absolute Gasteiger partial charge is 0.0184 e. The Morgan fingerprint density at radius 2 is 0.290 bits per heavy atom. The van der Waals surface area contributed by atoms with Gasteiger partial charge < -0.3 is 0 Å². The van der Waals surface area contributed by atoms with Gasteiger partial charge in [0.1, 0.15) is 0 Å². The molecule has 0 bridgehead atoms. The Morgan fingerprint density at radius 3 is 0.419 bits per heavy atom. The zero-order valence-electron chi connectivity index (χ0n) is 41.9. The van der Waals surface area contributed by atoms with Crippen LogP contribution >= 0.6 is 0 Å². The SMILES string of the molecule is CC.CC.CC.CC.CC.CC.CC.Cc1ccccc1.Cc1ccccc1.c1ccc(-c2ccccc2)cc1.c1ccc(-c2ccccc2)cc1.c1ccc2ccccc2c1. The van der Waals surface area contributed by atoms with E-state index in [2.05, 4.69) is 184 Å². The van der Waals surface area contributed by atoms with Crippen LogP contribution in [0.3, 0.4) is 0 Å². The molecule has 0 unspecified atom stereocenters. The maximum Gasteiger partial charge on any atom is -0.0184 e. The monoisotopic (exact) mass is 831 g/mol. The first kappa shape index (κ1) is 62.7. The summed E-state index contributed by atoms with van der Waals surface area (Å²) in [5.41, 5.74) is 7.75. The van der Waals surface area contributed by atoms with Gasteiger partial charge in [-0.1, -0.05) is 339 Å². The van der Waals surface area contributed by atoms with Gasteiger partial charge in [0, 0.05) is 0 Å². The average Bonchev–Trinajstić information content (AvgIpc) is 3.40. The number of rotatable bonds is 2. The molecule has 0 N–H and O–H groups in total. The van der Waals surface area contributed by atoms with Gasteiger partial charge in [-0.25, -0.2) is 0 Å². The van der Waals surface area contributed by atoms with E-state index in [1.165, 1.54) is 44.2 Å². The van der Waals surface area contributed by atoms with Crippen molar-refractivity contribution in [2.24, 2.45) is 0 Å². The van der Waals surface area contributed by atoms with Gasteiger partial charge >= 0.3 is 0 Å². The first-order valence-corrected chi connectivity index (χ1v) is 23.4. The third-order valence-electron chi connectivity index (χ3n) is 7.30. The Hall–Kier alpha value is -5.98. The molecule has 62 heavy (non-hydrogen) atoms. The first-order valence-electron chi connectivity index (χ1n) is 23.4. The molecule has 0 saturated heterocycles. The highest BCUT2D eigenvalue weighted by Crippen LogP contribution is 2.18. The quantitative estimate of drug-likeness (QED) is 0.163. The summed E-state index contributed by atoms with van der Waals surface area (Å²) in [5, 5.41) is 2.62. The molecular weight excluding hydrogens is 745 g/mol. The molecule has 0 radical (unpaired) electrons. The van der Waals surface area contributed by atoms with Crippen molar-refractivity contribution >= 4 is 10.8 Å². The summed E-state index contributed by atoms with van der Waals surface area (Å²) in [6.45, 7) is 32.2. The van der Waals surface area contributed by atoms with Crippen molar-refractivity contribution in [2.75, 3.05) is 0 Å². The molecule has 8 aromatic rings. The minimum absolute atomic E-state index is 1.28. The van der Waals surface area contributed by atoms with Crippen LogP contribution in [-0.4, -0.2) is 0 Å².